The number of pyridine rings is 1. The van der Waals surface area contributed by atoms with Crippen LogP contribution in [0.4, 0.5) is 8.78 Å². The van der Waals surface area contributed by atoms with Gasteiger partial charge in [-0.2, -0.15) is 0 Å². The van der Waals surface area contributed by atoms with Crippen LogP contribution in [0.15, 0.2) is 30.5 Å². The maximum atomic E-state index is 14.4. The largest absolute Gasteiger partial charge is 0.274 e. The standard InChI is InChI=1S/C15H12ClF2N3/c1-8-5-6-10(17)13(12(8)18)21-14(9(2)16)20-11-4-3-7-19-15(11)21/h3-7,9H,1-2H3. The molecule has 6 heteroatoms. The lowest BCUT2D eigenvalue weighted by Crippen LogP contribution is -2.08. The second kappa shape index (κ2) is 5.07. The summed E-state index contributed by atoms with van der Waals surface area (Å²) in [4.78, 5) is 8.52. The van der Waals surface area contributed by atoms with Gasteiger partial charge in [-0.3, -0.25) is 4.57 Å². The first-order valence-corrected chi connectivity index (χ1v) is 6.86. The fourth-order valence-electron chi connectivity index (χ4n) is 2.26. The molecular weight excluding hydrogens is 296 g/mol. The highest BCUT2D eigenvalue weighted by atomic mass is 35.5. The molecule has 0 bridgehead atoms. The van der Waals surface area contributed by atoms with Gasteiger partial charge in [-0.25, -0.2) is 18.7 Å². The van der Waals surface area contributed by atoms with E-state index >= 15 is 0 Å². The minimum Gasteiger partial charge on any atom is -0.274 e. The predicted octanol–water partition coefficient (Wildman–Crippen LogP) is 4.31. The summed E-state index contributed by atoms with van der Waals surface area (Å²) < 4.78 is 30.0. The van der Waals surface area contributed by atoms with Crippen molar-refractivity contribution in [3.63, 3.8) is 0 Å². The molecule has 21 heavy (non-hydrogen) atoms. The zero-order chi connectivity index (χ0) is 15.1. The molecule has 2 heterocycles. The van der Waals surface area contributed by atoms with Crippen LogP contribution in [-0.2, 0) is 0 Å². The van der Waals surface area contributed by atoms with Gasteiger partial charge in [0.25, 0.3) is 0 Å². The summed E-state index contributed by atoms with van der Waals surface area (Å²) in [6.45, 7) is 3.28. The third kappa shape index (κ3) is 2.17. The normalized spacial score (nSPS) is 12.8. The molecule has 0 aliphatic carbocycles. The molecule has 3 nitrogen and oxygen atoms in total. The Bertz CT molecular complexity index is 827. The summed E-state index contributed by atoms with van der Waals surface area (Å²) in [5.41, 5.74) is 1.07. The van der Waals surface area contributed by atoms with E-state index in [1.54, 1.807) is 32.2 Å². The van der Waals surface area contributed by atoms with Crippen LogP contribution in [-0.4, -0.2) is 14.5 Å². The summed E-state index contributed by atoms with van der Waals surface area (Å²) in [5, 5.41) is -0.515. The molecule has 0 saturated heterocycles. The second-order valence-electron chi connectivity index (χ2n) is 4.79. The molecular formula is C15H12ClF2N3. The molecule has 0 fully saturated rings. The number of fused-ring (bicyclic) bond motifs is 1. The SMILES string of the molecule is Cc1ccc(F)c(-n2c(C(C)Cl)nc3cccnc32)c1F. The van der Waals surface area contributed by atoms with Crippen LogP contribution in [0, 0.1) is 18.6 Å². The Balaban J connectivity index is 2.45. The number of imidazole rings is 1. The molecule has 1 unspecified atom stereocenters. The van der Waals surface area contributed by atoms with Crippen molar-refractivity contribution in [1.82, 2.24) is 14.5 Å². The maximum absolute atomic E-state index is 14.4. The number of rotatable bonds is 2. The molecule has 2 aromatic heterocycles. The molecule has 108 valence electrons. The van der Waals surface area contributed by atoms with Crippen molar-refractivity contribution in [1.29, 1.82) is 0 Å². The third-order valence-corrected chi connectivity index (χ3v) is 3.48. The average molecular weight is 308 g/mol. The van der Waals surface area contributed by atoms with Crippen molar-refractivity contribution in [2.45, 2.75) is 19.2 Å². The van der Waals surface area contributed by atoms with E-state index in [-0.39, 0.29) is 5.69 Å². The fraction of sp³-hybridized carbons (Fsp3) is 0.200. The van der Waals surface area contributed by atoms with Gasteiger partial charge >= 0.3 is 0 Å². The van der Waals surface area contributed by atoms with Crippen molar-refractivity contribution in [2.24, 2.45) is 0 Å². The van der Waals surface area contributed by atoms with Crippen LogP contribution in [0.5, 0.6) is 0 Å². The number of benzene rings is 1. The van der Waals surface area contributed by atoms with Crippen LogP contribution in [0.3, 0.4) is 0 Å². The molecule has 0 spiro atoms. The van der Waals surface area contributed by atoms with Gasteiger partial charge in [-0.1, -0.05) is 6.07 Å². The number of aromatic nitrogens is 3. The Morgan fingerprint density at radius 2 is 2.00 bits per heavy atom. The molecule has 0 N–H and O–H groups in total. The topological polar surface area (TPSA) is 30.7 Å². The summed E-state index contributed by atoms with van der Waals surface area (Å²) in [5.74, 6) is -0.964. The molecule has 0 saturated carbocycles. The highest BCUT2D eigenvalue weighted by Gasteiger charge is 2.23. The smallest absolute Gasteiger partial charge is 0.164 e. The minimum atomic E-state index is -0.679. The number of alkyl halides is 1. The van der Waals surface area contributed by atoms with E-state index in [2.05, 4.69) is 9.97 Å². The number of halogens is 3. The average Bonchev–Trinajstić information content (AvgIpc) is 2.83. The first-order chi connectivity index (χ1) is 10.0. The van der Waals surface area contributed by atoms with Gasteiger partial charge in [0.1, 0.15) is 22.8 Å². The zero-order valence-corrected chi connectivity index (χ0v) is 12.2. The number of nitrogens with zero attached hydrogens (tertiary/aromatic N) is 3. The third-order valence-electron chi connectivity index (χ3n) is 3.28. The minimum absolute atomic E-state index is 0.196. The quantitative estimate of drug-likeness (QED) is 0.661. The molecule has 1 aromatic carbocycles. The van der Waals surface area contributed by atoms with E-state index in [1.807, 2.05) is 0 Å². The van der Waals surface area contributed by atoms with Crippen LogP contribution >= 0.6 is 11.6 Å². The first-order valence-electron chi connectivity index (χ1n) is 6.43. The molecule has 0 radical (unpaired) electrons. The van der Waals surface area contributed by atoms with E-state index < -0.39 is 17.0 Å². The Hall–Kier alpha value is -2.01. The number of hydrogen-bond donors (Lipinski definition) is 0. The van der Waals surface area contributed by atoms with Gasteiger partial charge in [-0.15, -0.1) is 11.6 Å². The van der Waals surface area contributed by atoms with Gasteiger partial charge < -0.3 is 0 Å². The summed E-state index contributed by atoms with van der Waals surface area (Å²) in [7, 11) is 0. The van der Waals surface area contributed by atoms with E-state index in [9.17, 15) is 8.78 Å². The summed E-state index contributed by atoms with van der Waals surface area (Å²) in [6, 6.07) is 6.06. The van der Waals surface area contributed by atoms with Crippen molar-refractivity contribution in [3.05, 3.63) is 53.5 Å². The highest BCUT2D eigenvalue weighted by Crippen LogP contribution is 2.30. The van der Waals surface area contributed by atoms with E-state index in [0.717, 1.165) is 0 Å². The Labute approximate surface area is 125 Å². The van der Waals surface area contributed by atoms with Gasteiger partial charge in [0.2, 0.25) is 0 Å². The monoisotopic (exact) mass is 307 g/mol. The Morgan fingerprint density at radius 3 is 2.71 bits per heavy atom. The van der Waals surface area contributed by atoms with Crippen LogP contribution in [0.1, 0.15) is 23.7 Å². The van der Waals surface area contributed by atoms with Crippen LogP contribution in [0.2, 0.25) is 0 Å². The van der Waals surface area contributed by atoms with Gasteiger partial charge in [0, 0.05) is 6.20 Å². The Morgan fingerprint density at radius 1 is 1.24 bits per heavy atom. The molecule has 3 aromatic rings. The van der Waals surface area contributed by atoms with Gasteiger partial charge in [0.15, 0.2) is 11.5 Å². The van der Waals surface area contributed by atoms with Crippen molar-refractivity contribution < 1.29 is 8.78 Å². The molecule has 3 rings (SSSR count). The molecule has 0 amide bonds. The zero-order valence-electron chi connectivity index (χ0n) is 11.4. The van der Waals surface area contributed by atoms with E-state index in [0.29, 0.717) is 22.6 Å². The number of aryl methyl sites for hydroxylation is 1. The van der Waals surface area contributed by atoms with Gasteiger partial charge in [0.05, 0.1) is 5.38 Å². The highest BCUT2D eigenvalue weighted by molar-refractivity contribution is 6.20. The lowest BCUT2D eigenvalue weighted by molar-refractivity contribution is 0.561. The maximum Gasteiger partial charge on any atom is 0.164 e. The van der Waals surface area contributed by atoms with Crippen LogP contribution in [0.25, 0.3) is 16.9 Å². The predicted molar refractivity (Wildman–Crippen MR) is 77.8 cm³/mol. The molecule has 0 aliphatic rings. The van der Waals surface area contributed by atoms with E-state index in [4.69, 9.17) is 11.6 Å². The number of hydrogen-bond acceptors (Lipinski definition) is 2. The van der Waals surface area contributed by atoms with Crippen molar-refractivity contribution >= 4 is 22.8 Å². The van der Waals surface area contributed by atoms with Gasteiger partial charge in [-0.05, 0) is 37.6 Å². The summed E-state index contributed by atoms with van der Waals surface area (Å²) >= 11 is 6.12. The molecule has 0 aliphatic heterocycles. The summed E-state index contributed by atoms with van der Waals surface area (Å²) in [6.07, 6.45) is 1.55. The fourth-order valence-corrected chi connectivity index (χ4v) is 2.41. The molecule has 1 atom stereocenters. The van der Waals surface area contributed by atoms with Crippen molar-refractivity contribution in [3.8, 4) is 5.69 Å². The Kier molecular flexibility index (Phi) is 3.37. The lowest BCUT2D eigenvalue weighted by Gasteiger charge is -2.13. The van der Waals surface area contributed by atoms with Crippen molar-refractivity contribution in [2.75, 3.05) is 0 Å². The van der Waals surface area contributed by atoms with E-state index in [1.165, 1.54) is 16.7 Å². The second-order valence-corrected chi connectivity index (χ2v) is 5.45. The first kappa shape index (κ1) is 13.9. The van der Waals surface area contributed by atoms with Crippen LogP contribution < -0.4 is 0 Å². The lowest BCUT2D eigenvalue weighted by atomic mass is 10.2.